The molecule has 5 rings (SSSR count). The number of sulfonamides is 1. The van der Waals surface area contributed by atoms with E-state index in [2.05, 4.69) is 15.6 Å². The molecule has 0 spiro atoms. The number of aromatic nitrogens is 1. The zero-order valence-electron chi connectivity index (χ0n) is 20.4. The second kappa shape index (κ2) is 11.3. The molecule has 39 heavy (non-hydrogen) atoms. The molecule has 4 aromatic carbocycles. The Morgan fingerprint density at radius 3 is 2.28 bits per heavy atom. The Kier molecular flexibility index (Phi) is 7.53. The van der Waals surface area contributed by atoms with Gasteiger partial charge in [-0.05, 0) is 66.7 Å². The van der Waals surface area contributed by atoms with E-state index < -0.39 is 21.8 Å². The third-order valence-electron chi connectivity index (χ3n) is 5.56. The zero-order chi connectivity index (χ0) is 27.2. The second-order valence-electron chi connectivity index (χ2n) is 8.26. The van der Waals surface area contributed by atoms with Crippen LogP contribution >= 0.6 is 11.3 Å². The Morgan fingerprint density at radius 2 is 1.56 bits per heavy atom. The van der Waals surface area contributed by atoms with Gasteiger partial charge in [-0.25, -0.2) is 4.98 Å². The van der Waals surface area contributed by atoms with Crippen LogP contribution in [0, 0.1) is 0 Å². The maximum Gasteiger partial charge on any atom is 0.295 e. The minimum absolute atomic E-state index is 0.0740. The van der Waals surface area contributed by atoms with Gasteiger partial charge in [-0.3, -0.25) is 9.59 Å². The first-order valence-corrected chi connectivity index (χ1v) is 14.1. The topological polar surface area (TPSA) is 118 Å². The number of benzene rings is 4. The van der Waals surface area contributed by atoms with Gasteiger partial charge < -0.3 is 15.5 Å². The van der Waals surface area contributed by atoms with Gasteiger partial charge in [0.2, 0.25) is 5.91 Å². The van der Waals surface area contributed by atoms with Crippen molar-refractivity contribution in [1.29, 1.82) is 0 Å². The Labute approximate surface area is 228 Å². The maximum absolute atomic E-state index is 13.5. The van der Waals surface area contributed by atoms with Gasteiger partial charge in [-0.2, -0.15) is 8.42 Å². The molecule has 0 saturated carbocycles. The van der Waals surface area contributed by atoms with Gasteiger partial charge in [0.05, 0.1) is 32.9 Å². The molecule has 2 N–H and O–H groups in total. The molecule has 0 aliphatic heterocycles. The van der Waals surface area contributed by atoms with Gasteiger partial charge in [0.25, 0.3) is 15.9 Å². The van der Waals surface area contributed by atoms with E-state index in [1.807, 2.05) is 6.07 Å². The minimum Gasteiger partial charge on any atom is -0.364 e. The normalized spacial score (nSPS) is 11.1. The van der Waals surface area contributed by atoms with E-state index in [9.17, 15) is 18.0 Å². The average Bonchev–Trinajstić information content (AvgIpc) is 3.44. The third-order valence-corrected chi connectivity index (χ3v) is 7.94. The number of para-hydroxylation sites is 2. The molecule has 11 heteroatoms. The van der Waals surface area contributed by atoms with Crippen LogP contribution in [0.15, 0.2) is 114 Å². The van der Waals surface area contributed by atoms with Crippen molar-refractivity contribution in [3.8, 4) is 5.75 Å². The van der Waals surface area contributed by atoms with Crippen molar-refractivity contribution < 1.29 is 22.8 Å². The lowest BCUT2D eigenvalue weighted by Crippen LogP contribution is -2.34. The van der Waals surface area contributed by atoms with Crippen LogP contribution in [0.5, 0.6) is 5.75 Å². The lowest BCUT2D eigenvalue weighted by Gasteiger charge is -2.24. The number of rotatable bonds is 9. The molecule has 0 atom stereocenters. The van der Waals surface area contributed by atoms with Crippen LogP contribution in [-0.2, 0) is 14.8 Å². The fraction of sp³-hybridized carbons (Fsp3) is 0.0357. The van der Waals surface area contributed by atoms with Crippen molar-refractivity contribution in [3.63, 3.8) is 0 Å². The van der Waals surface area contributed by atoms with E-state index in [0.717, 1.165) is 14.7 Å². The predicted octanol–water partition coefficient (Wildman–Crippen LogP) is 4.85. The quantitative estimate of drug-likeness (QED) is 0.250. The van der Waals surface area contributed by atoms with Crippen LogP contribution in [0.4, 0.5) is 11.4 Å². The molecule has 5 aromatic rings. The summed E-state index contributed by atoms with van der Waals surface area (Å²) in [4.78, 5) is 34.8. The summed E-state index contributed by atoms with van der Waals surface area (Å²) in [6, 6.07) is 27.7. The highest BCUT2D eigenvalue weighted by molar-refractivity contribution is 7.92. The minimum atomic E-state index is -4.15. The summed E-state index contributed by atoms with van der Waals surface area (Å²) in [6.45, 7) is -0.258. The molecular formula is C28H22N4O5S2. The summed E-state index contributed by atoms with van der Waals surface area (Å²) < 4.78 is 28.8. The van der Waals surface area contributed by atoms with Crippen molar-refractivity contribution >= 4 is 54.8 Å². The molecule has 1 aromatic heterocycles. The van der Waals surface area contributed by atoms with E-state index in [-0.39, 0.29) is 17.0 Å². The standard InChI is InChI=1S/C28H22N4O5S2/c33-27(31-21-13-16-25-26(17-21)38-19-30-25)18-29-28(34)20-11-14-24(15-12-20)39(35,36)32(22-7-3-1-4-8-22)37-23-9-5-2-6-10-23/h1-17,19H,18H2,(H,29,34)(H,31,33). The third kappa shape index (κ3) is 6.06. The van der Waals surface area contributed by atoms with Crippen molar-refractivity contribution in [2.75, 3.05) is 16.3 Å². The molecule has 1 heterocycles. The Bertz CT molecular complexity index is 1710. The van der Waals surface area contributed by atoms with Gasteiger partial charge in [0.15, 0.2) is 5.75 Å². The predicted molar refractivity (Wildman–Crippen MR) is 150 cm³/mol. The Balaban J connectivity index is 1.26. The van der Waals surface area contributed by atoms with E-state index in [0.29, 0.717) is 17.1 Å². The number of fused-ring (bicyclic) bond motifs is 1. The first-order chi connectivity index (χ1) is 18.9. The average molecular weight is 559 g/mol. The zero-order valence-corrected chi connectivity index (χ0v) is 22.0. The number of anilines is 2. The maximum atomic E-state index is 13.5. The first-order valence-electron chi connectivity index (χ1n) is 11.7. The molecule has 0 fully saturated rings. The van der Waals surface area contributed by atoms with E-state index >= 15 is 0 Å². The monoisotopic (exact) mass is 558 g/mol. The first kappa shape index (κ1) is 25.9. The number of hydrogen-bond acceptors (Lipinski definition) is 7. The molecule has 0 saturated heterocycles. The van der Waals surface area contributed by atoms with Crippen LogP contribution in [0.3, 0.4) is 0 Å². The van der Waals surface area contributed by atoms with Gasteiger partial charge in [0.1, 0.15) is 0 Å². The summed E-state index contributed by atoms with van der Waals surface area (Å²) in [7, 11) is -4.15. The van der Waals surface area contributed by atoms with Crippen molar-refractivity contribution in [3.05, 3.63) is 114 Å². The van der Waals surface area contributed by atoms with Gasteiger partial charge in [0, 0.05) is 11.3 Å². The number of hydrogen-bond donors (Lipinski definition) is 2. The summed E-state index contributed by atoms with van der Waals surface area (Å²) >= 11 is 1.46. The molecule has 9 nitrogen and oxygen atoms in total. The molecule has 0 bridgehead atoms. The Morgan fingerprint density at radius 1 is 0.872 bits per heavy atom. The number of thiazole rings is 1. The SMILES string of the molecule is O=C(CNC(=O)c1ccc(S(=O)(=O)N(Oc2ccccc2)c2ccccc2)cc1)Nc1ccc2ncsc2c1. The van der Waals surface area contributed by atoms with E-state index in [1.165, 1.54) is 35.6 Å². The van der Waals surface area contributed by atoms with Gasteiger partial charge in [-0.1, -0.05) is 40.9 Å². The molecule has 196 valence electrons. The number of carbonyl (C=O) groups is 2. The molecule has 0 radical (unpaired) electrons. The fourth-order valence-electron chi connectivity index (χ4n) is 3.64. The van der Waals surface area contributed by atoms with Gasteiger partial charge in [-0.15, -0.1) is 11.3 Å². The highest BCUT2D eigenvalue weighted by Gasteiger charge is 2.27. The number of amides is 2. The molecule has 0 unspecified atom stereocenters. The summed E-state index contributed by atoms with van der Waals surface area (Å²) in [6.07, 6.45) is 0. The van der Waals surface area contributed by atoms with Crippen molar-refractivity contribution in [2.24, 2.45) is 0 Å². The summed E-state index contributed by atoms with van der Waals surface area (Å²) in [5.74, 6) is -0.582. The van der Waals surface area contributed by atoms with Crippen LogP contribution in [0.1, 0.15) is 10.4 Å². The summed E-state index contributed by atoms with van der Waals surface area (Å²) in [5.41, 5.74) is 3.67. The fourth-order valence-corrected chi connectivity index (χ4v) is 5.61. The van der Waals surface area contributed by atoms with Crippen LogP contribution in [0.25, 0.3) is 10.2 Å². The molecule has 2 amide bonds. The largest absolute Gasteiger partial charge is 0.364 e. The molecule has 0 aliphatic rings. The number of nitrogens with zero attached hydrogens (tertiary/aromatic N) is 2. The molecule has 0 aliphatic carbocycles. The Hall–Kier alpha value is -4.74. The van der Waals surface area contributed by atoms with E-state index in [1.54, 1.807) is 78.3 Å². The van der Waals surface area contributed by atoms with Gasteiger partial charge >= 0.3 is 0 Å². The second-order valence-corrected chi connectivity index (χ2v) is 10.9. The van der Waals surface area contributed by atoms with Crippen molar-refractivity contribution in [2.45, 2.75) is 4.90 Å². The summed E-state index contributed by atoms with van der Waals surface area (Å²) in [5, 5.41) is 5.28. The number of carbonyl (C=O) groups excluding carboxylic acids is 2. The highest BCUT2D eigenvalue weighted by Crippen LogP contribution is 2.26. The van der Waals surface area contributed by atoms with Crippen LogP contribution < -0.4 is 19.9 Å². The van der Waals surface area contributed by atoms with Crippen LogP contribution in [-0.4, -0.2) is 31.8 Å². The van der Waals surface area contributed by atoms with Crippen LogP contribution in [0.2, 0.25) is 0 Å². The highest BCUT2D eigenvalue weighted by atomic mass is 32.2. The molecular weight excluding hydrogens is 536 g/mol. The lowest BCUT2D eigenvalue weighted by molar-refractivity contribution is -0.115. The number of nitrogens with one attached hydrogen (secondary N) is 2. The lowest BCUT2D eigenvalue weighted by atomic mass is 10.2. The van der Waals surface area contributed by atoms with E-state index in [4.69, 9.17) is 4.84 Å². The smallest absolute Gasteiger partial charge is 0.295 e. The van der Waals surface area contributed by atoms with Crippen molar-refractivity contribution in [1.82, 2.24) is 10.3 Å².